The van der Waals surface area contributed by atoms with Crippen molar-refractivity contribution in [3.63, 3.8) is 0 Å². The third kappa shape index (κ3) is 4.02. The Morgan fingerprint density at radius 3 is 1.94 bits per heavy atom. The van der Waals surface area contributed by atoms with Crippen LogP contribution in [0.2, 0.25) is 0 Å². The van der Waals surface area contributed by atoms with Gasteiger partial charge in [-0.15, -0.1) is 0 Å². The molecule has 0 amide bonds. The van der Waals surface area contributed by atoms with Crippen LogP contribution in [-0.4, -0.2) is 25.2 Å². The maximum atomic E-state index is 12.0. The molecule has 0 rings (SSSR count). The molecule has 4 nitrogen and oxygen atoms in total. The Labute approximate surface area is 104 Å². The predicted octanol–water partition coefficient (Wildman–Crippen LogP) is 2.56. The first-order valence-corrected chi connectivity index (χ1v) is 6.27. The van der Waals surface area contributed by atoms with Gasteiger partial charge in [-0.2, -0.15) is 0 Å². The minimum Gasteiger partial charge on any atom is -0.466 e. The minimum atomic E-state index is -0.762. The van der Waals surface area contributed by atoms with E-state index in [1.165, 1.54) is 0 Å². The first kappa shape index (κ1) is 15.9. The maximum Gasteiger partial charge on any atom is 0.312 e. The Balaban J connectivity index is 4.95. The van der Waals surface area contributed by atoms with E-state index < -0.39 is 5.41 Å². The van der Waals surface area contributed by atoms with E-state index in [2.05, 4.69) is 0 Å². The molecule has 0 aliphatic rings. The largest absolute Gasteiger partial charge is 0.466 e. The SMILES string of the molecule is CCOC(=O)CC(CC)(C(=O)OCC)C(C)C. The molecule has 0 heterocycles. The first-order valence-electron chi connectivity index (χ1n) is 6.27. The van der Waals surface area contributed by atoms with Gasteiger partial charge in [0.1, 0.15) is 0 Å². The van der Waals surface area contributed by atoms with Gasteiger partial charge >= 0.3 is 11.9 Å². The zero-order valence-corrected chi connectivity index (χ0v) is 11.5. The predicted molar refractivity (Wildman–Crippen MR) is 65.4 cm³/mol. The van der Waals surface area contributed by atoms with Gasteiger partial charge in [0.25, 0.3) is 0 Å². The van der Waals surface area contributed by atoms with Gasteiger partial charge in [0.2, 0.25) is 0 Å². The van der Waals surface area contributed by atoms with E-state index in [1.54, 1.807) is 13.8 Å². The number of esters is 2. The lowest BCUT2D eigenvalue weighted by Crippen LogP contribution is -2.40. The van der Waals surface area contributed by atoms with Crippen LogP contribution in [0.25, 0.3) is 0 Å². The molecular weight excluding hydrogens is 220 g/mol. The number of rotatable bonds is 7. The molecule has 0 fully saturated rings. The molecule has 0 radical (unpaired) electrons. The van der Waals surface area contributed by atoms with Crippen molar-refractivity contribution in [1.29, 1.82) is 0 Å². The van der Waals surface area contributed by atoms with Gasteiger partial charge in [-0.1, -0.05) is 20.8 Å². The third-order valence-corrected chi connectivity index (χ3v) is 3.18. The highest BCUT2D eigenvalue weighted by atomic mass is 16.5. The summed E-state index contributed by atoms with van der Waals surface area (Å²) in [6.45, 7) is 9.94. The van der Waals surface area contributed by atoms with E-state index in [1.807, 2.05) is 20.8 Å². The average Bonchev–Trinajstić information content (AvgIpc) is 2.26. The third-order valence-electron chi connectivity index (χ3n) is 3.18. The highest BCUT2D eigenvalue weighted by molar-refractivity contribution is 5.83. The number of carbonyl (C=O) groups is 2. The monoisotopic (exact) mass is 244 g/mol. The van der Waals surface area contributed by atoms with Crippen LogP contribution in [-0.2, 0) is 19.1 Å². The van der Waals surface area contributed by atoms with E-state index in [4.69, 9.17) is 9.47 Å². The van der Waals surface area contributed by atoms with Gasteiger partial charge in [-0.25, -0.2) is 0 Å². The summed E-state index contributed by atoms with van der Waals surface area (Å²) >= 11 is 0. The fraction of sp³-hybridized carbons (Fsp3) is 0.846. The molecule has 0 aliphatic heterocycles. The lowest BCUT2D eigenvalue weighted by Gasteiger charge is -2.33. The molecule has 0 aromatic carbocycles. The van der Waals surface area contributed by atoms with Crippen LogP contribution in [0.4, 0.5) is 0 Å². The zero-order valence-electron chi connectivity index (χ0n) is 11.5. The quantitative estimate of drug-likeness (QED) is 0.646. The van der Waals surface area contributed by atoms with Crippen LogP contribution in [0, 0.1) is 11.3 Å². The van der Waals surface area contributed by atoms with E-state index in [0.717, 1.165) is 0 Å². The second-order valence-corrected chi connectivity index (χ2v) is 4.37. The molecule has 0 N–H and O–H groups in total. The standard InChI is InChI=1S/C13H24O4/c1-6-13(10(4)5,12(15)17-8-3)9-11(14)16-7-2/h10H,6-9H2,1-5H3. The number of hydrogen-bond donors (Lipinski definition) is 0. The summed E-state index contributed by atoms with van der Waals surface area (Å²) in [6.07, 6.45) is 0.663. The van der Waals surface area contributed by atoms with Crippen LogP contribution in [0.15, 0.2) is 0 Å². The summed E-state index contributed by atoms with van der Waals surface area (Å²) in [5.41, 5.74) is -0.762. The first-order chi connectivity index (χ1) is 7.94. The molecule has 4 heteroatoms. The molecule has 0 saturated heterocycles. The van der Waals surface area contributed by atoms with Gasteiger partial charge in [0, 0.05) is 0 Å². The molecular formula is C13H24O4. The summed E-state index contributed by atoms with van der Waals surface area (Å²) in [4.78, 5) is 23.6. The fourth-order valence-corrected chi connectivity index (χ4v) is 1.93. The van der Waals surface area contributed by atoms with Crippen molar-refractivity contribution in [2.75, 3.05) is 13.2 Å². The van der Waals surface area contributed by atoms with Gasteiger partial charge in [0.05, 0.1) is 25.0 Å². The highest BCUT2D eigenvalue weighted by Crippen LogP contribution is 2.37. The summed E-state index contributed by atoms with van der Waals surface area (Å²) in [5.74, 6) is -0.599. The lowest BCUT2D eigenvalue weighted by molar-refractivity contribution is -0.166. The Hall–Kier alpha value is -1.06. The van der Waals surface area contributed by atoms with Crippen LogP contribution < -0.4 is 0 Å². The molecule has 0 aromatic rings. The number of hydrogen-bond acceptors (Lipinski definition) is 4. The Morgan fingerprint density at radius 2 is 1.59 bits per heavy atom. The Bertz CT molecular complexity index is 260. The molecule has 1 unspecified atom stereocenters. The van der Waals surface area contributed by atoms with E-state index in [-0.39, 0.29) is 24.3 Å². The van der Waals surface area contributed by atoms with E-state index >= 15 is 0 Å². The Kier molecular flexibility index (Phi) is 6.85. The minimum absolute atomic E-state index is 0.0379. The zero-order chi connectivity index (χ0) is 13.5. The van der Waals surface area contributed by atoms with Gasteiger partial charge in [-0.3, -0.25) is 9.59 Å². The van der Waals surface area contributed by atoms with Crippen molar-refractivity contribution in [2.24, 2.45) is 11.3 Å². The average molecular weight is 244 g/mol. The van der Waals surface area contributed by atoms with Crippen molar-refractivity contribution in [3.05, 3.63) is 0 Å². The number of carbonyl (C=O) groups excluding carboxylic acids is 2. The molecule has 17 heavy (non-hydrogen) atoms. The van der Waals surface area contributed by atoms with Crippen molar-refractivity contribution in [1.82, 2.24) is 0 Å². The van der Waals surface area contributed by atoms with Crippen molar-refractivity contribution >= 4 is 11.9 Å². The van der Waals surface area contributed by atoms with E-state index in [9.17, 15) is 9.59 Å². The second kappa shape index (κ2) is 7.30. The molecule has 0 spiro atoms. The molecule has 0 bridgehead atoms. The summed E-state index contributed by atoms with van der Waals surface area (Å²) in [6, 6.07) is 0. The smallest absolute Gasteiger partial charge is 0.312 e. The normalized spacial score (nSPS) is 14.2. The van der Waals surface area contributed by atoms with Crippen molar-refractivity contribution in [3.8, 4) is 0 Å². The van der Waals surface area contributed by atoms with Gasteiger partial charge in [-0.05, 0) is 26.2 Å². The summed E-state index contributed by atoms with van der Waals surface area (Å²) in [7, 11) is 0. The van der Waals surface area contributed by atoms with Crippen LogP contribution in [0.1, 0.15) is 47.5 Å². The fourth-order valence-electron chi connectivity index (χ4n) is 1.93. The van der Waals surface area contributed by atoms with Crippen molar-refractivity contribution < 1.29 is 19.1 Å². The van der Waals surface area contributed by atoms with Gasteiger partial charge < -0.3 is 9.47 Å². The molecule has 0 saturated carbocycles. The number of ether oxygens (including phenoxy) is 2. The van der Waals surface area contributed by atoms with E-state index in [0.29, 0.717) is 19.6 Å². The maximum absolute atomic E-state index is 12.0. The second-order valence-electron chi connectivity index (χ2n) is 4.37. The summed E-state index contributed by atoms with van der Waals surface area (Å²) < 4.78 is 10.0. The molecule has 1 atom stereocenters. The topological polar surface area (TPSA) is 52.6 Å². The molecule has 0 aliphatic carbocycles. The lowest BCUT2D eigenvalue weighted by atomic mass is 9.72. The molecule has 100 valence electrons. The molecule has 0 aromatic heterocycles. The van der Waals surface area contributed by atoms with Crippen LogP contribution >= 0.6 is 0 Å². The Morgan fingerprint density at radius 1 is 1.06 bits per heavy atom. The summed E-state index contributed by atoms with van der Waals surface area (Å²) in [5, 5.41) is 0. The van der Waals surface area contributed by atoms with Crippen LogP contribution in [0.5, 0.6) is 0 Å². The highest BCUT2D eigenvalue weighted by Gasteiger charge is 2.43. The van der Waals surface area contributed by atoms with Crippen molar-refractivity contribution in [2.45, 2.75) is 47.5 Å². The van der Waals surface area contributed by atoms with Gasteiger partial charge in [0.15, 0.2) is 0 Å². The van der Waals surface area contributed by atoms with Crippen LogP contribution in [0.3, 0.4) is 0 Å².